The number of aromatic nitrogens is 3. The number of hydrogen-bond acceptors (Lipinski definition) is 5. The minimum Gasteiger partial charge on any atom is -0.469 e. The van der Waals surface area contributed by atoms with Crippen molar-refractivity contribution in [2.75, 3.05) is 0 Å². The third-order valence-corrected chi connectivity index (χ3v) is 6.43. The highest BCUT2D eigenvalue weighted by atomic mass is 32.2. The van der Waals surface area contributed by atoms with Gasteiger partial charge in [-0.2, -0.15) is 0 Å². The summed E-state index contributed by atoms with van der Waals surface area (Å²) in [7, 11) is 0. The number of nitrogens with one attached hydrogen (secondary N) is 1. The Morgan fingerprint density at radius 3 is 2.69 bits per heavy atom. The molecule has 1 aromatic carbocycles. The van der Waals surface area contributed by atoms with E-state index in [0.717, 1.165) is 40.7 Å². The van der Waals surface area contributed by atoms with Crippen LogP contribution in [0, 0.1) is 6.92 Å². The van der Waals surface area contributed by atoms with Crippen molar-refractivity contribution in [3.63, 3.8) is 0 Å². The molecule has 6 nitrogen and oxygen atoms in total. The fraction of sp³-hybridized carbons (Fsp3) is 0.409. The average molecular weight is 411 g/mol. The number of carbonyl (C=O) groups excluding carboxylic acids is 1. The molecule has 1 saturated carbocycles. The lowest BCUT2D eigenvalue weighted by molar-refractivity contribution is -0.120. The zero-order valence-electron chi connectivity index (χ0n) is 16.8. The Morgan fingerprint density at radius 1 is 1.24 bits per heavy atom. The standard InChI is InChI=1S/C22H26N4O2S/c1-15-19(12-13-28-15)20-24-25-22(26(20)14-17-8-4-3-5-9-17)29-16(2)21(27)23-18-10-6-7-11-18/h3-5,8-9,12-13,16,18H,6-7,10-11,14H2,1-2H3,(H,23,27). The number of aryl methyl sites for hydroxylation is 1. The smallest absolute Gasteiger partial charge is 0.233 e. The first kappa shape index (κ1) is 19.8. The Hall–Kier alpha value is -2.54. The summed E-state index contributed by atoms with van der Waals surface area (Å²) in [5.41, 5.74) is 2.07. The number of rotatable bonds is 7. The first-order valence-electron chi connectivity index (χ1n) is 10.1. The topological polar surface area (TPSA) is 72.9 Å². The Kier molecular flexibility index (Phi) is 6.04. The van der Waals surface area contributed by atoms with Crippen LogP contribution in [0.1, 0.15) is 43.9 Å². The van der Waals surface area contributed by atoms with Gasteiger partial charge in [0.1, 0.15) is 5.76 Å². The minimum atomic E-state index is -0.243. The van der Waals surface area contributed by atoms with E-state index in [9.17, 15) is 4.79 Å². The van der Waals surface area contributed by atoms with Gasteiger partial charge in [-0.15, -0.1) is 10.2 Å². The first-order valence-corrected chi connectivity index (χ1v) is 11.0. The molecule has 1 aliphatic carbocycles. The maximum absolute atomic E-state index is 12.7. The highest BCUT2D eigenvalue weighted by molar-refractivity contribution is 8.00. The third kappa shape index (κ3) is 4.56. The summed E-state index contributed by atoms with van der Waals surface area (Å²) in [6.07, 6.45) is 6.22. The van der Waals surface area contributed by atoms with Gasteiger partial charge in [-0.05, 0) is 38.3 Å². The molecule has 1 fully saturated rings. The zero-order chi connectivity index (χ0) is 20.2. The zero-order valence-corrected chi connectivity index (χ0v) is 17.6. The molecule has 0 spiro atoms. The molecule has 0 saturated heterocycles. The third-order valence-electron chi connectivity index (χ3n) is 5.35. The van der Waals surface area contributed by atoms with Gasteiger partial charge >= 0.3 is 0 Å². The summed E-state index contributed by atoms with van der Waals surface area (Å²) >= 11 is 1.45. The predicted molar refractivity (Wildman–Crippen MR) is 114 cm³/mol. The van der Waals surface area contributed by atoms with E-state index in [0.29, 0.717) is 12.6 Å². The molecule has 1 N–H and O–H groups in total. The lowest BCUT2D eigenvalue weighted by Gasteiger charge is -2.17. The Morgan fingerprint density at radius 2 is 2.00 bits per heavy atom. The Balaban J connectivity index is 1.58. The van der Waals surface area contributed by atoms with Crippen molar-refractivity contribution in [1.29, 1.82) is 0 Å². The lowest BCUT2D eigenvalue weighted by atomic mass is 10.2. The van der Waals surface area contributed by atoms with Crippen LogP contribution in [0.3, 0.4) is 0 Å². The number of furan rings is 1. The second-order valence-corrected chi connectivity index (χ2v) is 8.83. The highest BCUT2D eigenvalue weighted by Crippen LogP contribution is 2.30. The molecular weight excluding hydrogens is 384 g/mol. The number of amides is 1. The van der Waals surface area contributed by atoms with Gasteiger partial charge in [0.15, 0.2) is 11.0 Å². The normalized spacial score (nSPS) is 15.5. The minimum absolute atomic E-state index is 0.0669. The van der Waals surface area contributed by atoms with Crippen molar-refractivity contribution in [2.45, 2.75) is 62.5 Å². The molecule has 29 heavy (non-hydrogen) atoms. The summed E-state index contributed by atoms with van der Waals surface area (Å²) in [5.74, 6) is 1.62. The molecule has 3 aromatic rings. The van der Waals surface area contributed by atoms with E-state index < -0.39 is 0 Å². The monoisotopic (exact) mass is 410 g/mol. The van der Waals surface area contributed by atoms with Crippen LogP contribution in [-0.2, 0) is 11.3 Å². The molecule has 152 valence electrons. The van der Waals surface area contributed by atoms with E-state index in [1.165, 1.54) is 24.6 Å². The van der Waals surface area contributed by atoms with E-state index in [-0.39, 0.29) is 11.2 Å². The van der Waals surface area contributed by atoms with Crippen LogP contribution in [0.4, 0.5) is 0 Å². The Labute approximate surface area is 175 Å². The number of hydrogen-bond donors (Lipinski definition) is 1. The van der Waals surface area contributed by atoms with Crippen LogP contribution in [0.5, 0.6) is 0 Å². The summed E-state index contributed by atoms with van der Waals surface area (Å²) in [4.78, 5) is 12.7. The van der Waals surface area contributed by atoms with Crippen molar-refractivity contribution >= 4 is 17.7 Å². The summed E-state index contributed by atoms with van der Waals surface area (Å²) in [5, 5.41) is 12.5. The highest BCUT2D eigenvalue weighted by Gasteiger charge is 2.25. The fourth-order valence-corrected chi connectivity index (χ4v) is 4.56. The van der Waals surface area contributed by atoms with Crippen molar-refractivity contribution in [1.82, 2.24) is 20.1 Å². The number of benzene rings is 1. The second kappa shape index (κ2) is 8.86. The molecule has 1 amide bonds. The number of carbonyl (C=O) groups is 1. The summed E-state index contributed by atoms with van der Waals surface area (Å²) in [6, 6.07) is 12.4. The second-order valence-electron chi connectivity index (χ2n) is 7.52. The van der Waals surface area contributed by atoms with Crippen LogP contribution in [0.2, 0.25) is 0 Å². The van der Waals surface area contributed by atoms with Crippen LogP contribution in [0.25, 0.3) is 11.4 Å². The molecule has 0 aliphatic heterocycles. The molecule has 1 unspecified atom stereocenters. The first-order chi connectivity index (χ1) is 14.1. The SMILES string of the molecule is Cc1occc1-c1nnc(SC(C)C(=O)NC2CCCC2)n1Cc1ccccc1. The maximum atomic E-state index is 12.7. The number of nitrogens with zero attached hydrogens (tertiary/aromatic N) is 3. The van der Waals surface area contributed by atoms with Crippen LogP contribution >= 0.6 is 11.8 Å². The molecule has 4 rings (SSSR count). The Bertz CT molecular complexity index is 960. The van der Waals surface area contributed by atoms with Crippen LogP contribution < -0.4 is 5.32 Å². The average Bonchev–Trinajstić information content (AvgIpc) is 3.46. The molecular formula is C22H26N4O2S. The molecule has 2 heterocycles. The van der Waals surface area contributed by atoms with Crippen molar-refractivity contribution in [3.8, 4) is 11.4 Å². The van der Waals surface area contributed by atoms with Gasteiger partial charge < -0.3 is 9.73 Å². The van der Waals surface area contributed by atoms with Gasteiger partial charge in [0, 0.05) is 6.04 Å². The molecule has 1 atom stereocenters. The van der Waals surface area contributed by atoms with E-state index in [2.05, 4.69) is 32.2 Å². The molecule has 2 aromatic heterocycles. The summed E-state index contributed by atoms with van der Waals surface area (Å²) < 4.78 is 7.54. The van der Waals surface area contributed by atoms with Gasteiger partial charge in [0.05, 0.1) is 23.6 Å². The maximum Gasteiger partial charge on any atom is 0.233 e. The van der Waals surface area contributed by atoms with Crippen LogP contribution in [-0.4, -0.2) is 32.0 Å². The van der Waals surface area contributed by atoms with Gasteiger partial charge in [-0.25, -0.2) is 0 Å². The van der Waals surface area contributed by atoms with E-state index in [1.807, 2.05) is 38.1 Å². The van der Waals surface area contributed by atoms with Gasteiger partial charge in [-0.1, -0.05) is 54.9 Å². The van der Waals surface area contributed by atoms with Crippen molar-refractivity contribution in [2.24, 2.45) is 0 Å². The predicted octanol–water partition coefficient (Wildman–Crippen LogP) is 4.43. The van der Waals surface area contributed by atoms with E-state index >= 15 is 0 Å². The van der Waals surface area contributed by atoms with Gasteiger partial charge in [0.2, 0.25) is 5.91 Å². The largest absolute Gasteiger partial charge is 0.469 e. The number of thioether (sulfide) groups is 1. The fourth-order valence-electron chi connectivity index (χ4n) is 3.70. The van der Waals surface area contributed by atoms with Crippen LogP contribution in [0.15, 0.2) is 52.2 Å². The van der Waals surface area contributed by atoms with E-state index in [4.69, 9.17) is 4.42 Å². The molecule has 0 bridgehead atoms. The molecule has 0 radical (unpaired) electrons. The lowest BCUT2D eigenvalue weighted by Crippen LogP contribution is -2.37. The van der Waals surface area contributed by atoms with Gasteiger partial charge in [-0.3, -0.25) is 9.36 Å². The summed E-state index contributed by atoms with van der Waals surface area (Å²) in [6.45, 7) is 4.48. The van der Waals surface area contributed by atoms with E-state index in [1.54, 1.807) is 6.26 Å². The molecule has 1 aliphatic rings. The van der Waals surface area contributed by atoms with Crippen molar-refractivity contribution < 1.29 is 9.21 Å². The quantitative estimate of drug-likeness (QED) is 0.583. The van der Waals surface area contributed by atoms with Crippen molar-refractivity contribution in [3.05, 3.63) is 54.0 Å². The molecule has 7 heteroatoms. The van der Waals surface area contributed by atoms with Gasteiger partial charge in [0.25, 0.3) is 0 Å².